The number of hydrogen-bond acceptors (Lipinski definition) is 4. The van der Waals surface area contributed by atoms with E-state index in [1.807, 2.05) is 18.7 Å². The van der Waals surface area contributed by atoms with Crippen LogP contribution in [0.25, 0.3) is 0 Å². The monoisotopic (exact) mass is 286 g/mol. The molecular formula is C15H30N2OS. The normalized spacial score (nSPS) is 22.3. The minimum Gasteiger partial charge on any atom is -0.380 e. The van der Waals surface area contributed by atoms with Crippen molar-refractivity contribution in [3.05, 3.63) is 0 Å². The molecule has 0 saturated carbocycles. The molecule has 2 atom stereocenters. The molecular weight excluding hydrogens is 256 g/mol. The zero-order valence-corrected chi connectivity index (χ0v) is 14.1. The molecule has 0 aliphatic carbocycles. The number of thioether (sulfide) groups is 1. The fraction of sp³-hybridized carbons (Fsp3) is 0.933. The van der Waals surface area contributed by atoms with E-state index in [0.29, 0.717) is 18.0 Å². The van der Waals surface area contributed by atoms with Crippen molar-refractivity contribution in [2.24, 2.45) is 16.3 Å². The molecule has 1 heterocycles. The van der Waals surface area contributed by atoms with Crippen LogP contribution < -0.4 is 5.32 Å². The van der Waals surface area contributed by atoms with Crippen molar-refractivity contribution in [3.63, 3.8) is 0 Å². The summed E-state index contributed by atoms with van der Waals surface area (Å²) < 4.78 is 5.57. The summed E-state index contributed by atoms with van der Waals surface area (Å²) in [6, 6.07) is 0.779. The summed E-state index contributed by atoms with van der Waals surface area (Å²) in [5, 5.41) is 4.68. The molecule has 0 radical (unpaired) electrons. The molecule has 3 nitrogen and oxygen atoms in total. The average molecular weight is 286 g/mol. The van der Waals surface area contributed by atoms with Crippen LogP contribution in [0.15, 0.2) is 4.99 Å². The van der Waals surface area contributed by atoms with Crippen LogP contribution in [0.1, 0.15) is 48.0 Å². The second-order valence-corrected chi connectivity index (χ2v) is 7.69. The van der Waals surface area contributed by atoms with Crippen molar-refractivity contribution in [1.29, 1.82) is 0 Å². The molecule has 1 aliphatic heterocycles. The van der Waals surface area contributed by atoms with Gasteiger partial charge in [0.2, 0.25) is 0 Å². The lowest BCUT2D eigenvalue weighted by Gasteiger charge is -2.32. The van der Waals surface area contributed by atoms with E-state index in [1.54, 1.807) is 0 Å². The molecule has 0 aromatic heterocycles. The van der Waals surface area contributed by atoms with Gasteiger partial charge in [-0.2, -0.15) is 0 Å². The Morgan fingerprint density at radius 1 is 1.42 bits per heavy atom. The zero-order chi connectivity index (χ0) is 14.5. The summed E-state index contributed by atoms with van der Waals surface area (Å²) in [6.07, 6.45) is 1.18. The van der Waals surface area contributed by atoms with Gasteiger partial charge in [-0.1, -0.05) is 46.4 Å². The molecule has 1 rings (SSSR count). The van der Waals surface area contributed by atoms with Gasteiger partial charge < -0.3 is 10.1 Å². The van der Waals surface area contributed by atoms with Crippen molar-refractivity contribution >= 4 is 16.9 Å². The van der Waals surface area contributed by atoms with Gasteiger partial charge in [-0.25, -0.2) is 0 Å². The first-order valence-corrected chi connectivity index (χ1v) is 8.38. The van der Waals surface area contributed by atoms with Gasteiger partial charge in [0.1, 0.15) is 0 Å². The van der Waals surface area contributed by atoms with Crippen LogP contribution in [-0.2, 0) is 4.74 Å². The Kier molecular flexibility index (Phi) is 6.67. The first-order chi connectivity index (χ1) is 8.84. The first-order valence-electron chi connectivity index (χ1n) is 7.39. The van der Waals surface area contributed by atoms with E-state index in [1.165, 1.54) is 6.42 Å². The summed E-state index contributed by atoms with van der Waals surface area (Å²) in [7, 11) is 0. The van der Waals surface area contributed by atoms with E-state index < -0.39 is 0 Å². The van der Waals surface area contributed by atoms with E-state index >= 15 is 0 Å². The molecule has 0 spiro atoms. The van der Waals surface area contributed by atoms with Gasteiger partial charge >= 0.3 is 0 Å². The third kappa shape index (κ3) is 5.74. The molecule has 19 heavy (non-hydrogen) atoms. The predicted octanol–water partition coefficient (Wildman–Crippen LogP) is 3.54. The molecule has 0 fully saturated rings. The van der Waals surface area contributed by atoms with Crippen LogP contribution in [0.2, 0.25) is 0 Å². The second kappa shape index (κ2) is 7.53. The largest absolute Gasteiger partial charge is 0.380 e. The summed E-state index contributed by atoms with van der Waals surface area (Å²) >= 11 is 1.85. The highest BCUT2D eigenvalue weighted by Gasteiger charge is 2.28. The van der Waals surface area contributed by atoms with E-state index in [4.69, 9.17) is 9.73 Å². The lowest BCUT2D eigenvalue weighted by molar-refractivity contribution is 0.115. The van der Waals surface area contributed by atoms with Crippen LogP contribution in [-0.4, -0.2) is 36.2 Å². The number of aliphatic imine (C=N–C) groups is 1. The Morgan fingerprint density at radius 2 is 2.11 bits per heavy atom. The highest BCUT2D eigenvalue weighted by Crippen LogP contribution is 2.30. The highest BCUT2D eigenvalue weighted by molar-refractivity contribution is 8.13. The minimum atomic E-state index is 0.251. The average Bonchev–Trinajstić information content (AvgIpc) is 2.33. The quantitative estimate of drug-likeness (QED) is 0.839. The number of nitrogens with one attached hydrogen (secondary N) is 1. The van der Waals surface area contributed by atoms with Gasteiger partial charge in [0.15, 0.2) is 5.17 Å². The summed E-state index contributed by atoms with van der Waals surface area (Å²) in [5.74, 6) is 1.71. The molecule has 2 unspecified atom stereocenters. The van der Waals surface area contributed by atoms with Crippen molar-refractivity contribution in [1.82, 2.24) is 5.32 Å². The summed E-state index contributed by atoms with van der Waals surface area (Å²) in [5.41, 5.74) is 0.251. The van der Waals surface area contributed by atoms with E-state index in [9.17, 15) is 0 Å². The number of amidine groups is 1. The maximum Gasteiger partial charge on any atom is 0.157 e. The maximum atomic E-state index is 5.57. The Hall–Kier alpha value is -0.220. The molecule has 0 amide bonds. The van der Waals surface area contributed by atoms with Gasteiger partial charge in [-0.05, 0) is 24.7 Å². The molecule has 1 aliphatic rings. The lowest BCUT2D eigenvalue weighted by atomic mass is 9.85. The SMILES string of the molecule is CCOCC(NC1=NC(C(C)(C)C)CCS1)C(C)C. The Labute approximate surface area is 123 Å². The predicted molar refractivity (Wildman–Crippen MR) is 86.0 cm³/mol. The number of nitrogens with zero attached hydrogens (tertiary/aromatic N) is 1. The van der Waals surface area contributed by atoms with Gasteiger partial charge in [-0.3, -0.25) is 4.99 Å². The maximum absolute atomic E-state index is 5.57. The van der Waals surface area contributed by atoms with Gasteiger partial charge in [-0.15, -0.1) is 0 Å². The van der Waals surface area contributed by atoms with Crippen LogP contribution in [0, 0.1) is 11.3 Å². The van der Waals surface area contributed by atoms with Crippen molar-refractivity contribution < 1.29 is 4.74 Å². The fourth-order valence-electron chi connectivity index (χ4n) is 2.02. The fourth-order valence-corrected chi connectivity index (χ4v) is 2.99. The first kappa shape index (κ1) is 16.8. The third-order valence-electron chi connectivity index (χ3n) is 3.52. The summed E-state index contributed by atoms with van der Waals surface area (Å²) in [6.45, 7) is 14.8. The molecule has 4 heteroatoms. The molecule has 112 valence electrons. The lowest BCUT2D eigenvalue weighted by Crippen LogP contribution is -2.43. The van der Waals surface area contributed by atoms with Crippen LogP contribution in [0.4, 0.5) is 0 Å². The second-order valence-electron chi connectivity index (χ2n) is 6.61. The number of hydrogen-bond donors (Lipinski definition) is 1. The van der Waals surface area contributed by atoms with Crippen molar-refractivity contribution in [2.45, 2.75) is 60.0 Å². The van der Waals surface area contributed by atoms with E-state index in [2.05, 4.69) is 39.9 Å². The molecule has 0 saturated heterocycles. The smallest absolute Gasteiger partial charge is 0.157 e. The number of ether oxygens (including phenoxy) is 1. The highest BCUT2D eigenvalue weighted by atomic mass is 32.2. The minimum absolute atomic E-state index is 0.251. The van der Waals surface area contributed by atoms with Crippen LogP contribution in [0.5, 0.6) is 0 Å². The zero-order valence-electron chi connectivity index (χ0n) is 13.3. The van der Waals surface area contributed by atoms with E-state index in [-0.39, 0.29) is 5.41 Å². The third-order valence-corrected chi connectivity index (χ3v) is 4.45. The van der Waals surface area contributed by atoms with Crippen molar-refractivity contribution in [3.8, 4) is 0 Å². The van der Waals surface area contributed by atoms with Crippen LogP contribution >= 0.6 is 11.8 Å². The van der Waals surface area contributed by atoms with Gasteiger partial charge in [0.05, 0.1) is 18.7 Å². The molecule has 0 aromatic carbocycles. The topological polar surface area (TPSA) is 33.6 Å². The Bertz CT molecular complexity index is 297. The van der Waals surface area contributed by atoms with Gasteiger partial charge in [0, 0.05) is 12.4 Å². The van der Waals surface area contributed by atoms with Gasteiger partial charge in [0.25, 0.3) is 0 Å². The standard InChI is InChI=1S/C15H30N2OS/c1-7-18-10-12(11(2)3)16-14-17-13(8-9-19-14)15(4,5)6/h11-13H,7-10H2,1-6H3,(H,16,17). The number of rotatable bonds is 5. The Balaban J connectivity index is 2.64. The van der Waals surface area contributed by atoms with E-state index in [0.717, 1.165) is 24.1 Å². The van der Waals surface area contributed by atoms with Crippen molar-refractivity contribution in [2.75, 3.05) is 19.0 Å². The molecule has 0 bridgehead atoms. The Morgan fingerprint density at radius 3 is 2.63 bits per heavy atom. The summed E-state index contributed by atoms with van der Waals surface area (Å²) in [4.78, 5) is 4.90. The molecule has 1 N–H and O–H groups in total. The van der Waals surface area contributed by atoms with Crippen LogP contribution in [0.3, 0.4) is 0 Å². The molecule has 0 aromatic rings.